The molecule has 1 saturated carbocycles. The summed E-state index contributed by atoms with van der Waals surface area (Å²) < 4.78 is 36.0. The van der Waals surface area contributed by atoms with Crippen LogP contribution < -0.4 is 0 Å². The first-order valence-corrected chi connectivity index (χ1v) is 14.6. The summed E-state index contributed by atoms with van der Waals surface area (Å²) in [4.78, 5) is 38.5. The van der Waals surface area contributed by atoms with Crippen molar-refractivity contribution in [2.75, 3.05) is 19.8 Å². The van der Waals surface area contributed by atoms with Gasteiger partial charge in [-0.3, -0.25) is 9.59 Å². The van der Waals surface area contributed by atoms with Gasteiger partial charge in [0.05, 0.1) is 43.4 Å². The maximum absolute atomic E-state index is 13.4. The molecule has 0 radical (unpaired) electrons. The SMILES string of the molecule is CC(=O)OC1(C)CC(=O)OCC23CCC(C)=CC2OC2CC(OC(=O)/C=C/C=C/C(C(C)O)OCC1O)C3(C)C21CO1. The van der Waals surface area contributed by atoms with Gasteiger partial charge in [-0.05, 0) is 33.6 Å². The van der Waals surface area contributed by atoms with Gasteiger partial charge in [-0.2, -0.15) is 0 Å². The van der Waals surface area contributed by atoms with Crippen molar-refractivity contribution in [2.45, 2.75) is 108 Å². The van der Waals surface area contributed by atoms with Gasteiger partial charge in [-0.15, -0.1) is 0 Å². The standard InChI is InChI=1S/C31H42O11/c1-18-10-11-30-16-38-27(36)14-28(4,42-20(3)33)22(34)15-37-21(19(2)32)8-6-7-9-26(35)41-23-13-25(40-24(30)12-18)31(17-39-31)29(23,30)5/h6-9,12,19,21-25,32,34H,10-11,13-17H2,1-5H3/b8-6+,9-7+. The molecule has 3 fully saturated rings. The van der Waals surface area contributed by atoms with E-state index in [-0.39, 0.29) is 19.3 Å². The van der Waals surface area contributed by atoms with Gasteiger partial charge in [0.25, 0.3) is 0 Å². The Morgan fingerprint density at radius 2 is 1.90 bits per heavy atom. The number of cyclic esters (lactones) is 1. The monoisotopic (exact) mass is 590 g/mol. The van der Waals surface area contributed by atoms with Gasteiger partial charge in [0, 0.05) is 24.8 Å². The Hall–Kier alpha value is -2.57. The first kappa shape index (κ1) is 30.9. The predicted molar refractivity (Wildman–Crippen MR) is 147 cm³/mol. The van der Waals surface area contributed by atoms with Crippen LogP contribution in [-0.2, 0) is 42.8 Å². The first-order chi connectivity index (χ1) is 19.8. The quantitative estimate of drug-likeness (QED) is 0.211. The molecule has 2 N–H and O–H groups in total. The molecule has 0 aromatic rings. The molecular weight excluding hydrogens is 548 g/mol. The van der Waals surface area contributed by atoms with Gasteiger partial charge in [0.2, 0.25) is 0 Å². The third kappa shape index (κ3) is 5.13. The molecule has 5 rings (SSSR count). The Morgan fingerprint density at radius 1 is 1.17 bits per heavy atom. The molecule has 2 spiro atoms. The number of hydrogen-bond donors (Lipinski definition) is 2. The van der Waals surface area contributed by atoms with Crippen molar-refractivity contribution in [1.82, 2.24) is 0 Å². The Labute approximate surface area is 245 Å². The molecule has 3 heterocycles. The molecule has 10 atom stereocenters. The highest BCUT2D eigenvalue weighted by atomic mass is 16.6. The molecule has 2 aliphatic carbocycles. The number of allylic oxidation sites excluding steroid dienone is 3. The molecule has 11 heteroatoms. The average molecular weight is 591 g/mol. The molecule has 3 aliphatic heterocycles. The van der Waals surface area contributed by atoms with E-state index >= 15 is 0 Å². The van der Waals surface area contributed by atoms with Crippen molar-refractivity contribution in [2.24, 2.45) is 10.8 Å². The fraction of sp³-hybridized carbons (Fsp3) is 0.710. The van der Waals surface area contributed by atoms with Crippen LogP contribution in [0.5, 0.6) is 0 Å². The van der Waals surface area contributed by atoms with Crippen LogP contribution in [0.4, 0.5) is 0 Å². The molecule has 10 unspecified atom stereocenters. The highest BCUT2D eigenvalue weighted by Gasteiger charge is 2.83. The van der Waals surface area contributed by atoms with E-state index in [4.69, 9.17) is 28.4 Å². The summed E-state index contributed by atoms with van der Waals surface area (Å²) in [6, 6.07) is 0. The first-order valence-electron chi connectivity index (χ1n) is 14.6. The van der Waals surface area contributed by atoms with Gasteiger partial charge < -0.3 is 38.6 Å². The van der Waals surface area contributed by atoms with Crippen LogP contribution in [0, 0.1) is 10.8 Å². The number of aliphatic hydroxyl groups excluding tert-OH is 2. The smallest absolute Gasteiger partial charge is 0.331 e. The van der Waals surface area contributed by atoms with Crippen molar-refractivity contribution >= 4 is 17.9 Å². The lowest BCUT2D eigenvalue weighted by molar-refractivity contribution is -0.234. The van der Waals surface area contributed by atoms with Crippen molar-refractivity contribution in [3.63, 3.8) is 0 Å². The number of carbonyl (C=O) groups excluding carboxylic acids is 3. The highest BCUT2D eigenvalue weighted by Crippen LogP contribution is 2.72. The van der Waals surface area contributed by atoms with Crippen molar-refractivity contribution < 1.29 is 53.0 Å². The van der Waals surface area contributed by atoms with E-state index in [0.29, 0.717) is 19.4 Å². The zero-order valence-electron chi connectivity index (χ0n) is 24.9. The summed E-state index contributed by atoms with van der Waals surface area (Å²) >= 11 is 0. The molecule has 232 valence electrons. The normalized spacial score (nSPS) is 46.2. The number of ether oxygens (including phenoxy) is 6. The molecule has 42 heavy (non-hydrogen) atoms. The number of rotatable bonds is 2. The number of carbonyl (C=O) groups is 3. The van der Waals surface area contributed by atoms with E-state index < -0.39 is 76.9 Å². The van der Waals surface area contributed by atoms with Gasteiger partial charge >= 0.3 is 17.9 Å². The van der Waals surface area contributed by atoms with Crippen LogP contribution in [-0.4, -0.2) is 95.8 Å². The minimum absolute atomic E-state index is 0.0475. The summed E-state index contributed by atoms with van der Waals surface area (Å²) in [5.74, 6) is -1.90. The molecule has 2 saturated heterocycles. The second-order valence-corrected chi connectivity index (χ2v) is 12.8. The largest absolute Gasteiger partial charge is 0.465 e. The topological polar surface area (TPSA) is 150 Å². The summed E-state index contributed by atoms with van der Waals surface area (Å²) in [5, 5.41) is 21.2. The van der Waals surface area contributed by atoms with E-state index in [2.05, 4.69) is 13.0 Å². The molecule has 0 amide bonds. The van der Waals surface area contributed by atoms with Crippen LogP contribution in [0.1, 0.15) is 60.3 Å². The summed E-state index contributed by atoms with van der Waals surface area (Å²) in [7, 11) is 0. The van der Waals surface area contributed by atoms with E-state index in [1.165, 1.54) is 39.0 Å². The zero-order chi connectivity index (χ0) is 30.5. The second kappa shape index (κ2) is 11.2. The predicted octanol–water partition coefficient (Wildman–Crippen LogP) is 2.08. The molecule has 5 aliphatic rings. The van der Waals surface area contributed by atoms with Crippen LogP contribution in [0.25, 0.3) is 0 Å². The van der Waals surface area contributed by atoms with Crippen LogP contribution >= 0.6 is 0 Å². The maximum Gasteiger partial charge on any atom is 0.331 e. The van der Waals surface area contributed by atoms with Crippen LogP contribution in [0.15, 0.2) is 36.0 Å². The fourth-order valence-corrected chi connectivity index (χ4v) is 7.45. The molecule has 11 nitrogen and oxygen atoms in total. The summed E-state index contributed by atoms with van der Waals surface area (Å²) in [6.07, 6.45) is 4.82. The Bertz CT molecular complexity index is 1190. The third-order valence-electron chi connectivity index (χ3n) is 10.1. The van der Waals surface area contributed by atoms with Gasteiger partial charge in [-0.25, -0.2) is 4.79 Å². The zero-order valence-corrected chi connectivity index (χ0v) is 24.9. The summed E-state index contributed by atoms with van der Waals surface area (Å²) in [6.45, 7) is 8.28. The minimum atomic E-state index is -1.66. The highest BCUT2D eigenvalue weighted by molar-refractivity contribution is 5.82. The molecule has 0 aromatic carbocycles. The van der Waals surface area contributed by atoms with Gasteiger partial charge in [0.15, 0.2) is 0 Å². The van der Waals surface area contributed by atoms with Crippen LogP contribution in [0.3, 0.4) is 0 Å². The fourth-order valence-electron chi connectivity index (χ4n) is 7.45. The Balaban J connectivity index is 1.53. The molecule has 2 bridgehead atoms. The Morgan fingerprint density at radius 3 is 2.57 bits per heavy atom. The summed E-state index contributed by atoms with van der Waals surface area (Å²) in [5.41, 5.74) is -2.67. The van der Waals surface area contributed by atoms with Crippen LogP contribution in [0.2, 0.25) is 0 Å². The van der Waals surface area contributed by atoms with E-state index in [0.717, 1.165) is 12.0 Å². The lowest BCUT2D eigenvalue weighted by Gasteiger charge is -2.58. The minimum Gasteiger partial charge on any atom is -0.465 e. The van der Waals surface area contributed by atoms with E-state index in [1.54, 1.807) is 6.08 Å². The number of epoxide rings is 1. The Kier molecular flexibility index (Phi) is 8.21. The molecule has 0 aromatic heterocycles. The van der Waals surface area contributed by atoms with Crippen molar-refractivity contribution in [3.05, 3.63) is 36.0 Å². The van der Waals surface area contributed by atoms with Gasteiger partial charge in [-0.1, -0.05) is 36.8 Å². The van der Waals surface area contributed by atoms with Gasteiger partial charge in [0.1, 0.15) is 36.1 Å². The van der Waals surface area contributed by atoms with Crippen molar-refractivity contribution in [1.29, 1.82) is 0 Å². The number of hydrogen-bond acceptors (Lipinski definition) is 11. The lowest BCUT2D eigenvalue weighted by Crippen LogP contribution is -2.66. The average Bonchev–Trinajstić information content (AvgIpc) is 3.68. The van der Waals surface area contributed by atoms with Crippen molar-refractivity contribution in [3.8, 4) is 0 Å². The van der Waals surface area contributed by atoms with E-state index in [1.807, 2.05) is 6.92 Å². The number of aliphatic hydroxyl groups is 2. The third-order valence-corrected chi connectivity index (χ3v) is 10.1. The van der Waals surface area contributed by atoms with E-state index in [9.17, 15) is 24.6 Å². The molecular formula is C31H42O11. The maximum atomic E-state index is 13.4. The second-order valence-electron chi connectivity index (χ2n) is 12.8. The number of esters is 3. The lowest BCUT2D eigenvalue weighted by atomic mass is 9.51.